The summed E-state index contributed by atoms with van der Waals surface area (Å²) < 4.78 is 6.82. The van der Waals surface area contributed by atoms with Crippen LogP contribution in [0, 0.1) is 0 Å². The second-order valence-electron chi connectivity index (χ2n) is 3.14. The molecule has 0 atom stereocenters. The first-order valence-corrected chi connectivity index (χ1v) is 6.51. The molecule has 0 spiro atoms. The fraction of sp³-hybridized carbons (Fsp3) is 0.273. The number of hydrogen-bond donors (Lipinski definition) is 1. The van der Waals surface area contributed by atoms with Crippen LogP contribution >= 0.6 is 27.3 Å². The van der Waals surface area contributed by atoms with Crippen molar-refractivity contribution in [2.75, 3.05) is 6.54 Å². The summed E-state index contributed by atoms with van der Waals surface area (Å²) in [4.78, 5) is 1.15. The minimum Gasteiger partial charge on any atom is -0.459 e. The molecule has 2 nitrogen and oxygen atoms in total. The Morgan fingerprint density at radius 3 is 2.93 bits per heavy atom. The van der Waals surface area contributed by atoms with Crippen molar-refractivity contribution in [3.63, 3.8) is 0 Å². The van der Waals surface area contributed by atoms with Crippen LogP contribution in [-0.2, 0) is 6.54 Å². The van der Waals surface area contributed by atoms with Gasteiger partial charge in [-0.25, -0.2) is 0 Å². The van der Waals surface area contributed by atoms with Crippen molar-refractivity contribution in [1.29, 1.82) is 0 Å². The topological polar surface area (TPSA) is 25.2 Å². The fourth-order valence-corrected chi connectivity index (χ4v) is 2.84. The highest BCUT2D eigenvalue weighted by Crippen LogP contribution is 2.34. The van der Waals surface area contributed by atoms with Crippen LogP contribution in [0.4, 0.5) is 0 Å². The third-order valence-corrected chi connectivity index (χ3v) is 3.90. The molecule has 0 bridgehead atoms. The second kappa shape index (κ2) is 4.96. The number of thiophene rings is 1. The van der Waals surface area contributed by atoms with Crippen LogP contribution in [0.2, 0.25) is 0 Å². The summed E-state index contributed by atoms with van der Waals surface area (Å²) >= 11 is 5.18. The molecule has 0 aliphatic heterocycles. The van der Waals surface area contributed by atoms with Crippen LogP contribution in [0.25, 0.3) is 10.6 Å². The van der Waals surface area contributed by atoms with E-state index in [1.807, 2.05) is 23.6 Å². The van der Waals surface area contributed by atoms with E-state index in [-0.39, 0.29) is 0 Å². The zero-order valence-electron chi connectivity index (χ0n) is 8.42. The van der Waals surface area contributed by atoms with Gasteiger partial charge >= 0.3 is 0 Å². The molecular formula is C11H12BrNOS. The molecule has 0 unspecified atom stereocenters. The highest BCUT2D eigenvalue weighted by molar-refractivity contribution is 9.10. The highest BCUT2D eigenvalue weighted by atomic mass is 79.9. The lowest BCUT2D eigenvalue weighted by atomic mass is 10.3. The molecule has 0 aliphatic rings. The standard InChI is InChI=1S/C11H12BrNOS/c1-2-13-7-8-3-4-10(14-8)11-9(12)5-6-15-11/h3-6,13H,2,7H2,1H3. The van der Waals surface area contributed by atoms with E-state index >= 15 is 0 Å². The Morgan fingerprint density at radius 1 is 1.40 bits per heavy atom. The van der Waals surface area contributed by atoms with Crippen molar-refractivity contribution in [2.45, 2.75) is 13.5 Å². The van der Waals surface area contributed by atoms with Gasteiger partial charge in [-0.1, -0.05) is 6.92 Å². The summed E-state index contributed by atoms with van der Waals surface area (Å²) in [5.74, 6) is 1.91. The van der Waals surface area contributed by atoms with Crippen molar-refractivity contribution >= 4 is 27.3 Å². The van der Waals surface area contributed by atoms with Gasteiger partial charge in [0.25, 0.3) is 0 Å². The molecule has 0 amide bonds. The lowest BCUT2D eigenvalue weighted by Crippen LogP contribution is -2.10. The maximum Gasteiger partial charge on any atom is 0.145 e. The number of furan rings is 1. The molecule has 80 valence electrons. The van der Waals surface area contributed by atoms with Gasteiger partial charge in [0.1, 0.15) is 11.5 Å². The summed E-state index contributed by atoms with van der Waals surface area (Å²) in [6, 6.07) is 6.07. The van der Waals surface area contributed by atoms with Crippen LogP contribution in [0.3, 0.4) is 0 Å². The Hall–Kier alpha value is -0.580. The normalized spacial score (nSPS) is 10.8. The van der Waals surface area contributed by atoms with Crippen LogP contribution in [0.1, 0.15) is 12.7 Å². The third kappa shape index (κ3) is 2.51. The molecule has 4 heteroatoms. The molecule has 0 saturated carbocycles. The summed E-state index contributed by atoms with van der Waals surface area (Å²) in [5.41, 5.74) is 0. The summed E-state index contributed by atoms with van der Waals surface area (Å²) in [5, 5.41) is 5.28. The predicted octanol–water partition coefficient (Wildman–Crippen LogP) is 3.88. The largest absolute Gasteiger partial charge is 0.459 e. The van der Waals surface area contributed by atoms with E-state index in [9.17, 15) is 0 Å². The number of hydrogen-bond acceptors (Lipinski definition) is 3. The van der Waals surface area contributed by atoms with Gasteiger partial charge in [-0.15, -0.1) is 11.3 Å². The third-order valence-electron chi connectivity index (χ3n) is 2.05. The molecular weight excluding hydrogens is 274 g/mol. The van der Waals surface area contributed by atoms with Crippen LogP contribution in [-0.4, -0.2) is 6.54 Å². The average Bonchev–Trinajstić information content (AvgIpc) is 2.83. The monoisotopic (exact) mass is 285 g/mol. The summed E-state index contributed by atoms with van der Waals surface area (Å²) in [7, 11) is 0. The molecule has 2 rings (SSSR count). The Balaban J connectivity index is 2.17. The van der Waals surface area contributed by atoms with E-state index in [4.69, 9.17) is 4.42 Å². The van der Waals surface area contributed by atoms with Crippen LogP contribution in [0.15, 0.2) is 32.5 Å². The molecule has 2 aromatic heterocycles. The van der Waals surface area contributed by atoms with Crippen molar-refractivity contribution in [3.05, 3.63) is 33.8 Å². The van der Waals surface area contributed by atoms with E-state index in [0.717, 1.165) is 34.0 Å². The number of halogens is 1. The van der Waals surface area contributed by atoms with E-state index < -0.39 is 0 Å². The average molecular weight is 286 g/mol. The van der Waals surface area contributed by atoms with Gasteiger partial charge < -0.3 is 9.73 Å². The smallest absolute Gasteiger partial charge is 0.145 e. The predicted molar refractivity (Wildman–Crippen MR) is 67.1 cm³/mol. The molecule has 1 N–H and O–H groups in total. The minimum absolute atomic E-state index is 0.791. The van der Waals surface area contributed by atoms with Gasteiger partial charge in [0.2, 0.25) is 0 Å². The summed E-state index contributed by atoms with van der Waals surface area (Å²) in [6.07, 6.45) is 0. The first-order chi connectivity index (χ1) is 7.31. The second-order valence-corrected chi connectivity index (χ2v) is 4.91. The Morgan fingerprint density at radius 2 is 2.27 bits per heavy atom. The summed E-state index contributed by atoms with van der Waals surface area (Å²) in [6.45, 7) is 3.83. The van der Waals surface area contributed by atoms with Crippen molar-refractivity contribution in [1.82, 2.24) is 5.32 Å². The number of rotatable bonds is 4. The quantitative estimate of drug-likeness (QED) is 0.922. The van der Waals surface area contributed by atoms with Gasteiger partial charge in [0.15, 0.2) is 0 Å². The fourth-order valence-electron chi connectivity index (χ4n) is 1.31. The minimum atomic E-state index is 0.791. The molecule has 2 aromatic rings. The van der Waals surface area contributed by atoms with Crippen molar-refractivity contribution in [2.24, 2.45) is 0 Å². The maximum absolute atomic E-state index is 5.73. The van der Waals surface area contributed by atoms with Crippen LogP contribution in [0.5, 0.6) is 0 Å². The molecule has 0 saturated heterocycles. The SMILES string of the molecule is CCNCc1ccc(-c2sccc2Br)o1. The molecule has 0 aromatic carbocycles. The maximum atomic E-state index is 5.73. The van der Waals surface area contributed by atoms with Gasteiger partial charge in [-0.3, -0.25) is 0 Å². The zero-order valence-corrected chi connectivity index (χ0v) is 10.8. The Labute approximate surface area is 101 Å². The molecule has 15 heavy (non-hydrogen) atoms. The van der Waals surface area contributed by atoms with Gasteiger partial charge in [0.05, 0.1) is 11.4 Å². The first-order valence-electron chi connectivity index (χ1n) is 4.84. The zero-order chi connectivity index (χ0) is 10.7. The van der Waals surface area contributed by atoms with E-state index in [1.54, 1.807) is 11.3 Å². The number of nitrogens with one attached hydrogen (secondary N) is 1. The van der Waals surface area contributed by atoms with E-state index in [1.165, 1.54) is 0 Å². The van der Waals surface area contributed by atoms with Crippen LogP contribution < -0.4 is 5.32 Å². The van der Waals surface area contributed by atoms with Crippen molar-refractivity contribution in [3.8, 4) is 10.6 Å². The van der Waals surface area contributed by atoms with Gasteiger partial charge in [0, 0.05) is 4.47 Å². The first kappa shape index (κ1) is 10.9. The Bertz CT molecular complexity index is 435. The van der Waals surface area contributed by atoms with Crippen molar-refractivity contribution < 1.29 is 4.42 Å². The van der Waals surface area contributed by atoms with Gasteiger partial charge in [-0.05, 0) is 46.1 Å². The van der Waals surface area contributed by atoms with E-state index in [2.05, 4.69) is 28.2 Å². The van der Waals surface area contributed by atoms with E-state index in [0.29, 0.717) is 0 Å². The lowest BCUT2D eigenvalue weighted by Gasteiger charge is -1.97. The molecule has 0 aliphatic carbocycles. The van der Waals surface area contributed by atoms with Gasteiger partial charge in [-0.2, -0.15) is 0 Å². The highest BCUT2D eigenvalue weighted by Gasteiger charge is 2.08. The molecule has 0 fully saturated rings. The Kier molecular flexibility index (Phi) is 3.61. The molecule has 0 radical (unpaired) electrons. The molecule has 2 heterocycles. The lowest BCUT2D eigenvalue weighted by molar-refractivity contribution is 0.499.